The average molecular weight is 477 g/mol. The first-order valence-corrected chi connectivity index (χ1v) is 8.80. The number of nitrogens with zero attached hydrogens (tertiary/aromatic N) is 1. The van der Waals surface area contributed by atoms with Gasteiger partial charge in [0.25, 0.3) is 0 Å². The van der Waals surface area contributed by atoms with Crippen LogP contribution in [0.2, 0.25) is 10.0 Å². The number of hydrogen-bond donors (Lipinski definition) is 1. The molecule has 1 N–H and O–H groups in total. The molecule has 2 aromatic rings. The van der Waals surface area contributed by atoms with Crippen molar-refractivity contribution in [3.05, 3.63) is 63.1 Å². The molecule has 0 saturated carbocycles. The van der Waals surface area contributed by atoms with E-state index in [1.165, 1.54) is 0 Å². The Labute approximate surface area is 176 Å². The molecule has 0 atom stereocenters. The van der Waals surface area contributed by atoms with E-state index in [-0.39, 0.29) is 28.0 Å². The van der Waals surface area contributed by atoms with Gasteiger partial charge in [-0.1, -0.05) is 53.0 Å². The van der Waals surface area contributed by atoms with E-state index < -0.39 is 18.1 Å². The normalized spacial score (nSPS) is 13.0. The van der Waals surface area contributed by atoms with Crippen LogP contribution in [0.25, 0.3) is 0 Å². The number of rotatable bonds is 7. The molecule has 0 bridgehead atoms. The summed E-state index contributed by atoms with van der Waals surface area (Å²) in [5, 5.41) is 2.64. The van der Waals surface area contributed by atoms with Crippen LogP contribution < -0.4 is 10.2 Å². The topological polar surface area (TPSA) is 33.6 Å². The van der Waals surface area contributed by atoms with E-state index in [0.29, 0.717) is 11.6 Å². The summed E-state index contributed by atoms with van der Waals surface area (Å²) in [5.41, 5.74) is 2.28. The molecule has 12 heteroatoms. The average Bonchev–Trinajstić information content (AvgIpc) is 2.60. The molecule has 0 amide bonds. The zero-order chi connectivity index (χ0) is 22.7. The minimum atomic E-state index is -6.47. The number of ether oxygens (including phenoxy) is 1. The van der Waals surface area contributed by atoms with E-state index in [1.807, 2.05) is 25.1 Å². The van der Waals surface area contributed by atoms with Crippen molar-refractivity contribution in [2.24, 2.45) is 5.10 Å². The molecule has 0 unspecified atom stereocenters. The van der Waals surface area contributed by atoms with Crippen LogP contribution >= 0.6 is 23.2 Å². The number of alkyl halides is 7. The minimum Gasteiger partial charge on any atom is -0.486 e. The standard InChI is InChI=1S/C18H13Cl2F7N2O/c1-10-3-2-4-11(5-10)9-30-15-13(19)6-12(7-14(15)20)8-28-29-18(26,27)16(21,22)17(23,24)25/h2-8,29H,9H2,1H3/b28-8+. The number of nitrogens with one attached hydrogen (secondary N) is 1. The van der Waals surface area contributed by atoms with Gasteiger partial charge in [0.15, 0.2) is 5.75 Å². The SMILES string of the molecule is Cc1cccc(COc2c(Cl)cc(/C=N/NC(F)(F)C(F)(F)C(F)(F)F)cc2Cl)c1. The Balaban J connectivity index is 2.11. The largest absolute Gasteiger partial charge is 0.486 e. The maximum Gasteiger partial charge on any atom is 0.462 e. The molecule has 0 saturated heterocycles. The van der Waals surface area contributed by atoms with Crippen molar-refractivity contribution >= 4 is 29.4 Å². The second-order valence-corrected chi connectivity index (χ2v) is 6.92. The first-order valence-electron chi connectivity index (χ1n) is 8.04. The van der Waals surface area contributed by atoms with Crippen molar-refractivity contribution in [1.29, 1.82) is 0 Å². The first-order chi connectivity index (χ1) is 13.7. The highest BCUT2D eigenvalue weighted by atomic mass is 35.5. The van der Waals surface area contributed by atoms with Crippen LogP contribution in [-0.2, 0) is 6.61 Å². The second-order valence-electron chi connectivity index (χ2n) is 6.11. The van der Waals surface area contributed by atoms with Gasteiger partial charge in [0.05, 0.1) is 16.3 Å². The van der Waals surface area contributed by atoms with Crippen molar-refractivity contribution in [3.8, 4) is 5.75 Å². The number of hydrogen-bond acceptors (Lipinski definition) is 3. The molecule has 0 radical (unpaired) electrons. The van der Waals surface area contributed by atoms with Gasteiger partial charge in [-0.3, -0.25) is 0 Å². The van der Waals surface area contributed by atoms with Crippen LogP contribution in [0.1, 0.15) is 16.7 Å². The predicted molar refractivity (Wildman–Crippen MR) is 98.7 cm³/mol. The third-order valence-electron chi connectivity index (χ3n) is 3.66. The second kappa shape index (κ2) is 8.89. The fourth-order valence-electron chi connectivity index (χ4n) is 2.19. The van der Waals surface area contributed by atoms with Gasteiger partial charge in [-0.2, -0.15) is 35.8 Å². The van der Waals surface area contributed by atoms with Gasteiger partial charge in [0.2, 0.25) is 0 Å². The predicted octanol–water partition coefficient (Wildman–Crippen LogP) is 6.59. The molecule has 2 aromatic carbocycles. The number of aryl methyl sites for hydroxylation is 1. The molecular weight excluding hydrogens is 464 g/mol. The molecule has 0 aromatic heterocycles. The Kier molecular flexibility index (Phi) is 7.13. The third kappa shape index (κ3) is 5.48. The molecule has 0 aliphatic carbocycles. The smallest absolute Gasteiger partial charge is 0.462 e. The monoisotopic (exact) mass is 476 g/mol. The summed E-state index contributed by atoms with van der Waals surface area (Å²) in [7, 11) is 0. The fraction of sp³-hybridized carbons (Fsp3) is 0.278. The Bertz CT molecular complexity index is 910. The van der Waals surface area contributed by atoms with Crippen molar-refractivity contribution in [3.63, 3.8) is 0 Å². The van der Waals surface area contributed by atoms with Gasteiger partial charge < -0.3 is 4.74 Å². The molecule has 0 aliphatic rings. The van der Waals surface area contributed by atoms with Crippen LogP contribution in [0.15, 0.2) is 41.5 Å². The Morgan fingerprint density at radius 2 is 1.60 bits per heavy atom. The molecule has 164 valence electrons. The molecule has 3 nitrogen and oxygen atoms in total. The highest BCUT2D eigenvalue weighted by Gasteiger charge is 2.73. The van der Waals surface area contributed by atoms with Crippen molar-refractivity contribution < 1.29 is 35.5 Å². The van der Waals surface area contributed by atoms with Crippen LogP contribution in [0, 0.1) is 6.92 Å². The molecule has 30 heavy (non-hydrogen) atoms. The Morgan fingerprint density at radius 1 is 1.00 bits per heavy atom. The number of halogens is 9. The molecule has 2 rings (SSSR count). The maximum absolute atomic E-state index is 13.1. The summed E-state index contributed by atoms with van der Waals surface area (Å²) < 4.78 is 93.6. The van der Waals surface area contributed by atoms with E-state index in [1.54, 1.807) is 6.07 Å². The molecule has 0 aliphatic heterocycles. The fourth-order valence-corrected chi connectivity index (χ4v) is 2.80. The van der Waals surface area contributed by atoms with Gasteiger partial charge in [-0.25, -0.2) is 5.43 Å². The van der Waals surface area contributed by atoms with E-state index in [0.717, 1.165) is 23.3 Å². The lowest BCUT2D eigenvalue weighted by Crippen LogP contribution is -2.58. The van der Waals surface area contributed by atoms with Crippen molar-refractivity contribution in [2.75, 3.05) is 0 Å². The van der Waals surface area contributed by atoms with Crippen LogP contribution in [-0.4, -0.2) is 24.4 Å². The van der Waals surface area contributed by atoms with Gasteiger partial charge >= 0.3 is 18.1 Å². The summed E-state index contributed by atoms with van der Waals surface area (Å²) in [5.74, 6) is -6.26. The quantitative estimate of drug-likeness (QED) is 0.211. The van der Waals surface area contributed by atoms with E-state index in [4.69, 9.17) is 27.9 Å². The van der Waals surface area contributed by atoms with Gasteiger partial charge in [0, 0.05) is 0 Å². The lowest BCUT2D eigenvalue weighted by Gasteiger charge is -2.27. The molecule has 0 heterocycles. The summed E-state index contributed by atoms with van der Waals surface area (Å²) in [6.45, 7) is 2.01. The lowest BCUT2D eigenvalue weighted by atomic mass is 10.1. The highest BCUT2D eigenvalue weighted by molar-refractivity contribution is 6.37. The molecular formula is C18H13Cl2F7N2O. The van der Waals surface area contributed by atoms with Crippen LogP contribution in [0.3, 0.4) is 0 Å². The van der Waals surface area contributed by atoms with Gasteiger partial charge in [-0.15, -0.1) is 0 Å². The zero-order valence-corrected chi connectivity index (χ0v) is 16.5. The number of hydrazone groups is 1. The van der Waals surface area contributed by atoms with Crippen LogP contribution in [0.4, 0.5) is 30.7 Å². The van der Waals surface area contributed by atoms with Crippen LogP contribution in [0.5, 0.6) is 5.75 Å². The van der Waals surface area contributed by atoms with E-state index >= 15 is 0 Å². The summed E-state index contributed by atoms with van der Waals surface area (Å²) in [6, 6.07) is 4.02. The highest BCUT2D eigenvalue weighted by Crippen LogP contribution is 2.45. The summed E-state index contributed by atoms with van der Waals surface area (Å²) in [4.78, 5) is 0. The van der Waals surface area contributed by atoms with Gasteiger partial charge in [0.1, 0.15) is 6.61 Å². The molecule has 0 spiro atoms. The number of benzene rings is 2. The lowest BCUT2D eigenvalue weighted by molar-refractivity contribution is -0.361. The Hall–Kier alpha value is -2.20. The minimum absolute atomic E-state index is 0.0495. The molecule has 0 fully saturated rings. The van der Waals surface area contributed by atoms with E-state index in [9.17, 15) is 30.7 Å². The maximum atomic E-state index is 13.1. The third-order valence-corrected chi connectivity index (χ3v) is 4.22. The zero-order valence-electron chi connectivity index (χ0n) is 15.0. The van der Waals surface area contributed by atoms with Crippen molar-refractivity contribution in [2.45, 2.75) is 31.7 Å². The summed E-state index contributed by atoms with van der Waals surface area (Å²) >= 11 is 12.1. The van der Waals surface area contributed by atoms with E-state index in [2.05, 4.69) is 5.10 Å². The Morgan fingerprint density at radius 3 is 2.13 bits per heavy atom. The summed E-state index contributed by atoms with van der Waals surface area (Å²) in [6.07, 6.45) is -5.91. The van der Waals surface area contributed by atoms with Gasteiger partial charge in [-0.05, 0) is 30.2 Å². The first kappa shape index (κ1) is 24.1. The van der Waals surface area contributed by atoms with Crippen molar-refractivity contribution in [1.82, 2.24) is 5.43 Å².